The van der Waals surface area contributed by atoms with E-state index in [9.17, 15) is 9.18 Å². The monoisotopic (exact) mass is 267 g/mol. The van der Waals surface area contributed by atoms with Crippen LogP contribution in [0.4, 0.5) is 4.39 Å². The Morgan fingerprint density at radius 2 is 1.89 bits per heavy atom. The highest BCUT2D eigenvalue weighted by molar-refractivity contribution is 5.79. The maximum Gasteiger partial charge on any atom is 0.325 e. The topological polar surface area (TPSA) is 29.5 Å². The van der Waals surface area contributed by atoms with Gasteiger partial charge in [-0.3, -0.25) is 9.69 Å². The van der Waals surface area contributed by atoms with Gasteiger partial charge in [-0.05, 0) is 51.9 Å². The molecule has 0 N–H and O–H groups in total. The molecule has 1 rings (SSSR count). The predicted octanol–water partition coefficient (Wildman–Crippen LogP) is 2.64. The van der Waals surface area contributed by atoms with E-state index in [0.717, 1.165) is 12.0 Å². The van der Waals surface area contributed by atoms with Crippen molar-refractivity contribution < 1.29 is 13.9 Å². The van der Waals surface area contributed by atoms with Crippen LogP contribution in [0.3, 0.4) is 0 Å². The first-order valence-electron chi connectivity index (χ1n) is 6.50. The summed E-state index contributed by atoms with van der Waals surface area (Å²) in [6.45, 7) is 6.57. The van der Waals surface area contributed by atoms with Crippen LogP contribution in [0.25, 0.3) is 0 Å². The number of hydrogen-bond donors (Lipinski definition) is 0. The highest BCUT2D eigenvalue weighted by Crippen LogP contribution is 2.15. The van der Waals surface area contributed by atoms with Gasteiger partial charge in [-0.15, -0.1) is 0 Å². The van der Waals surface area contributed by atoms with Gasteiger partial charge < -0.3 is 4.74 Å². The molecule has 19 heavy (non-hydrogen) atoms. The van der Waals surface area contributed by atoms with E-state index < -0.39 is 5.54 Å². The van der Waals surface area contributed by atoms with Gasteiger partial charge in [0, 0.05) is 6.54 Å². The highest BCUT2D eigenvalue weighted by Gasteiger charge is 2.33. The van der Waals surface area contributed by atoms with E-state index >= 15 is 0 Å². The summed E-state index contributed by atoms with van der Waals surface area (Å²) in [5.74, 6) is -0.458. The van der Waals surface area contributed by atoms with Gasteiger partial charge in [0.25, 0.3) is 0 Å². The van der Waals surface area contributed by atoms with E-state index in [2.05, 4.69) is 0 Å². The number of nitrogens with zero attached hydrogens (tertiary/aromatic N) is 1. The quantitative estimate of drug-likeness (QED) is 0.742. The Bertz CT molecular complexity index is 415. The number of likely N-dealkylation sites (N-methyl/N-ethyl adjacent to an activating group) is 1. The molecule has 0 aliphatic heterocycles. The van der Waals surface area contributed by atoms with Gasteiger partial charge >= 0.3 is 5.97 Å². The van der Waals surface area contributed by atoms with Gasteiger partial charge in [0.05, 0.1) is 6.61 Å². The number of benzene rings is 1. The molecule has 0 saturated heterocycles. The first-order chi connectivity index (χ1) is 8.87. The molecular formula is C15H22FNO2. The van der Waals surface area contributed by atoms with Crippen molar-refractivity contribution in [2.24, 2.45) is 0 Å². The molecule has 0 heterocycles. The fourth-order valence-electron chi connectivity index (χ4n) is 1.69. The zero-order chi connectivity index (χ0) is 14.5. The minimum atomic E-state index is -0.657. The summed E-state index contributed by atoms with van der Waals surface area (Å²) in [4.78, 5) is 13.8. The van der Waals surface area contributed by atoms with Gasteiger partial charge in [0.2, 0.25) is 0 Å². The number of hydrogen-bond acceptors (Lipinski definition) is 3. The number of halogens is 1. The SMILES string of the molecule is CCOC(=O)C(C)(C)N(C)CCc1ccc(F)cc1. The summed E-state index contributed by atoms with van der Waals surface area (Å²) in [6, 6.07) is 6.43. The first-order valence-corrected chi connectivity index (χ1v) is 6.50. The Hall–Kier alpha value is -1.42. The van der Waals surface area contributed by atoms with Crippen LogP contribution in [0, 0.1) is 5.82 Å². The van der Waals surface area contributed by atoms with Crippen LogP contribution < -0.4 is 0 Å². The van der Waals surface area contributed by atoms with Gasteiger partial charge in [0.15, 0.2) is 0 Å². The Morgan fingerprint density at radius 3 is 2.42 bits per heavy atom. The molecule has 0 atom stereocenters. The van der Waals surface area contributed by atoms with Crippen LogP contribution in [0.2, 0.25) is 0 Å². The van der Waals surface area contributed by atoms with E-state index in [1.54, 1.807) is 19.1 Å². The molecule has 0 amide bonds. The van der Waals surface area contributed by atoms with Crippen molar-refractivity contribution in [3.8, 4) is 0 Å². The molecule has 3 nitrogen and oxygen atoms in total. The second-order valence-corrected chi connectivity index (χ2v) is 5.08. The standard InChI is InChI=1S/C15H22FNO2/c1-5-19-14(18)15(2,3)17(4)11-10-12-6-8-13(16)9-7-12/h6-9H,5,10-11H2,1-4H3. The highest BCUT2D eigenvalue weighted by atomic mass is 19.1. The Kier molecular flexibility index (Phi) is 5.48. The van der Waals surface area contributed by atoms with Crippen LogP contribution in [-0.2, 0) is 16.0 Å². The first kappa shape index (κ1) is 15.6. The largest absolute Gasteiger partial charge is 0.465 e. The van der Waals surface area contributed by atoms with Crippen molar-refractivity contribution in [2.75, 3.05) is 20.2 Å². The van der Waals surface area contributed by atoms with Crippen molar-refractivity contribution in [3.05, 3.63) is 35.6 Å². The van der Waals surface area contributed by atoms with E-state index in [4.69, 9.17) is 4.74 Å². The molecule has 0 unspecified atom stereocenters. The Labute approximate surface area is 114 Å². The summed E-state index contributed by atoms with van der Waals surface area (Å²) in [7, 11) is 1.89. The number of esters is 1. The second-order valence-electron chi connectivity index (χ2n) is 5.08. The van der Waals surface area contributed by atoms with Crippen molar-refractivity contribution in [2.45, 2.75) is 32.7 Å². The molecular weight excluding hydrogens is 245 g/mol. The molecule has 0 aliphatic carbocycles. The lowest BCUT2D eigenvalue weighted by Gasteiger charge is -2.33. The zero-order valence-electron chi connectivity index (χ0n) is 12.1. The number of carbonyl (C=O) groups is 1. The van der Waals surface area contributed by atoms with Gasteiger partial charge in [-0.25, -0.2) is 4.39 Å². The molecule has 0 fully saturated rings. The molecule has 0 aliphatic rings. The summed E-state index contributed by atoms with van der Waals surface area (Å²) in [6.07, 6.45) is 0.764. The Morgan fingerprint density at radius 1 is 1.32 bits per heavy atom. The molecule has 0 saturated carbocycles. The fraction of sp³-hybridized carbons (Fsp3) is 0.533. The fourth-order valence-corrected chi connectivity index (χ4v) is 1.69. The molecule has 0 bridgehead atoms. The van der Waals surface area contributed by atoms with Crippen LogP contribution in [-0.4, -0.2) is 36.6 Å². The van der Waals surface area contributed by atoms with E-state index in [1.165, 1.54) is 12.1 Å². The Balaban J connectivity index is 2.56. The summed E-state index contributed by atoms with van der Waals surface area (Å²) < 4.78 is 17.9. The van der Waals surface area contributed by atoms with E-state index in [0.29, 0.717) is 13.2 Å². The molecule has 0 radical (unpaired) electrons. The predicted molar refractivity (Wildman–Crippen MR) is 73.4 cm³/mol. The summed E-state index contributed by atoms with van der Waals surface area (Å²) in [5, 5.41) is 0. The van der Waals surface area contributed by atoms with Crippen molar-refractivity contribution >= 4 is 5.97 Å². The lowest BCUT2D eigenvalue weighted by atomic mass is 10.0. The summed E-state index contributed by atoms with van der Waals surface area (Å²) >= 11 is 0. The molecule has 0 aromatic heterocycles. The average Bonchev–Trinajstić information content (AvgIpc) is 2.37. The lowest BCUT2D eigenvalue weighted by molar-refractivity contribution is -0.154. The van der Waals surface area contributed by atoms with Gasteiger partial charge in [-0.1, -0.05) is 12.1 Å². The third-order valence-electron chi connectivity index (χ3n) is 3.38. The van der Waals surface area contributed by atoms with Crippen molar-refractivity contribution in [1.82, 2.24) is 4.90 Å². The van der Waals surface area contributed by atoms with E-state index in [1.807, 2.05) is 25.8 Å². The molecule has 106 valence electrons. The van der Waals surface area contributed by atoms with Crippen molar-refractivity contribution in [1.29, 1.82) is 0 Å². The van der Waals surface area contributed by atoms with Gasteiger partial charge in [-0.2, -0.15) is 0 Å². The van der Waals surface area contributed by atoms with Crippen LogP contribution >= 0.6 is 0 Å². The maximum atomic E-state index is 12.8. The van der Waals surface area contributed by atoms with Crippen LogP contribution in [0.15, 0.2) is 24.3 Å². The molecule has 1 aromatic carbocycles. The van der Waals surface area contributed by atoms with Crippen molar-refractivity contribution in [3.63, 3.8) is 0 Å². The lowest BCUT2D eigenvalue weighted by Crippen LogP contribution is -2.49. The normalized spacial score (nSPS) is 11.7. The third kappa shape index (κ3) is 4.31. The van der Waals surface area contributed by atoms with Gasteiger partial charge in [0.1, 0.15) is 11.4 Å². The average molecular weight is 267 g/mol. The smallest absolute Gasteiger partial charge is 0.325 e. The second kappa shape index (κ2) is 6.66. The zero-order valence-corrected chi connectivity index (χ0v) is 12.1. The number of carbonyl (C=O) groups excluding carboxylic acids is 1. The minimum absolute atomic E-state index is 0.225. The minimum Gasteiger partial charge on any atom is -0.465 e. The number of ether oxygens (including phenoxy) is 1. The van der Waals surface area contributed by atoms with Crippen LogP contribution in [0.5, 0.6) is 0 Å². The maximum absolute atomic E-state index is 12.8. The van der Waals surface area contributed by atoms with Crippen LogP contribution in [0.1, 0.15) is 26.3 Å². The molecule has 0 spiro atoms. The summed E-state index contributed by atoms with van der Waals surface area (Å²) in [5.41, 5.74) is 0.392. The molecule has 1 aromatic rings. The third-order valence-corrected chi connectivity index (χ3v) is 3.38. The number of rotatable bonds is 6. The van der Waals surface area contributed by atoms with E-state index in [-0.39, 0.29) is 11.8 Å². The molecule has 4 heteroatoms.